The summed E-state index contributed by atoms with van der Waals surface area (Å²) in [5.74, 6) is 2.53. The molecule has 3 rings (SSSR count). The highest BCUT2D eigenvalue weighted by Crippen LogP contribution is 2.24. The number of nitrogens with one attached hydrogen (secondary N) is 1. The fourth-order valence-corrected chi connectivity index (χ4v) is 2.87. The van der Waals surface area contributed by atoms with Gasteiger partial charge in [-0.2, -0.15) is 0 Å². The van der Waals surface area contributed by atoms with Crippen molar-refractivity contribution in [3.8, 4) is 11.3 Å². The van der Waals surface area contributed by atoms with Gasteiger partial charge in [-0.25, -0.2) is 0 Å². The van der Waals surface area contributed by atoms with Gasteiger partial charge in [0.2, 0.25) is 0 Å². The van der Waals surface area contributed by atoms with Crippen molar-refractivity contribution in [1.29, 1.82) is 0 Å². The summed E-state index contributed by atoms with van der Waals surface area (Å²) in [4.78, 5) is 0. The van der Waals surface area contributed by atoms with Crippen molar-refractivity contribution in [2.45, 2.75) is 19.4 Å². The summed E-state index contributed by atoms with van der Waals surface area (Å²) < 4.78 is 12.5. The molecule has 1 N–H and O–H groups in total. The van der Waals surface area contributed by atoms with Crippen LogP contribution in [0.1, 0.15) is 18.6 Å². The minimum Gasteiger partial charge on any atom is -0.460 e. The van der Waals surface area contributed by atoms with E-state index in [4.69, 9.17) is 9.15 Å². The average Bonchev–Trinajstić information content (AvgIpc) is 2.98. The molecule has 1 unspecified atom stereocenters. The Bertz CT molecular complexity index is 558. The van der Waals surface area contributed by atoms with Crippen LogP contribution >= 0.6 is 15.9 Å². The second-order valence-electron chi connectivity index (χ2n) is 5.49. The Balaban J connectivity index is 1.51. The van der Waals surface area contributed by atoms with Gasteiger partial charge in [0.05, 0.1) is 13.2 Å². The van der Waals surface area contributed by atoms with Gasteiger partial charge in [-0.3, -0.25) is 0 Å². The Morgan fingerprint density at radius 3 is 2.76 bits per heavy atom. The Kier molecular flexibility index (Phi) is 5.12. The van der Waals surface area contributed by atoms with Crippen molar-refractivity contribution in [3.05, 3.63) is 46.6 Å². The van der Waals surface area contributed by atoms with E-state index in [0.29, 0.717) is 5.92 Å². The lowest BCUT2D eigenvalue weighted by Gasteiger charge is -2.21. The molecule has 0 spiro atoms. The van der Waals surface area contributed by atoms with Crippen LogP contribution in [0.2, 0.25) is 0 Å². The van der Waals surface area contributed by atoms with Gasteiger partial charge in [0.15, 0.2) is 0 Å². The molecule has 1 saturated heterocycles. The van der Waals surface area contributed by atoms with Crippen molar-refractivity contribution in [3.63, 3.8) is 0 Å². The maximum Gasteiger partial charge on any atom is 0.134 e. The highest BCUT2D eigenvalue weighted by molar-refractivity contribution is 9.10. The molecule has 1 fully saturated rings. The largest absolute Gasteiger partial charge is 0.460 e. The molecule has 4 heteroatoms. The Labute approximate surface area is 133 Å². The number of furan rings is 1. The third-order valence-electron chi connectivity index (χ3n) is 3.78. The van der Waals surface area contributed by atoms with E-state index in [-0.39, 0.29) is 0 Å². The number of benzene rings is 1. The average molecular weight is 350 g/mol. The molecule has 0 saturated carbocycles. The SMILES string of the molecule is Brc1ccc(-c2ccc(CNCC3CCCOC3)o2)cc1. The molecule has 0 amide bonds. The molecule has 0 bridgehead atoms. The Hall–Kier alpha value is -1.10. The lowest BCUT2D eigenvalue weighted by Crippen LogP contribution is -2.28. The number of hydrogen-bond donors (Lipinski definition) is 1. The van der Waals surface area contributed by atoms with Crippen LogP contribution in [0.4, 0.5) is 0 Å². The van der Waals surface area contributed by atoms with Crippen LogP contribution in [0.25, 0.3) is 11.3 Å². The molecule has 1 atom stereocenters. The summed E-state index contributed by atoms with van der Waals surface area (Å²) in [6, 6.07) is 12.2. The third kappa shape index (κ3) is 4.19. The maximum absolute atomic E-state index is 5.89. The number of rotatable bonds is 5. The molecule has 1 aromatic carbocycles. The molecule has 112 valence electrons. The summed E-state index contributed by atoms with van der Waals surface area (Å²) in [6.07, 6.45) is 2.44. The van der Waals surface area contributed by atoms with Crippen molar-refractivity contribution in [2.75, 3.05) is 19.8 Å². The van der Waals surface area contributed by atoms with Crippen LogP contribution in [0.3, 0.4) is 0 Å². The molecule has 2 aromatic rings. The summed E-state index contributed by atoms with van der Waals surface area (Å²) in [7, 11) is 0. The van der Waals surface area contributed by atoms with Crippen molar-refractivity contribution >= 4 is 15.9 Å². The van der Waals surface area contributed by atoms with Gasteiger partial charge < -0.3 is 14.5 Å². The Morgan fingerprint density at radius 2 is 2.00 bits per heavy atom. The van der Waals surface area contributed by atoms with Crippen LogP contribution < -0.4 is 5.32 Å². The third-order valence-corrected chi connectivity index (χ3v) is 4.31. The number of hydrogen-bond acceptors (Lipinski definition) is 3. The van der Waals surface area contributed by atoms with Crippen molar-refractivity contribution in [1.82, 2.24) is 5.32 Å². The molecule has 1 aliphatic rings. The van der Waals surface area contributed by atoms with Gasteiger partial charge in [-0.1, -0.05) is 28.1 Å². The maximum atomic E-state index is 5.89. The van der Waals surface area contributed by atoms with Gasteiger partial charge in [-0.05, 0) is 43.0 Å². The first-order valence-corrected chi connectivity index (χ1v) is 8.24. The summed E-state index contributed by atoms with van der Waals surface area (Å²) in [5, 5.41) is 3.46. The van der Waals surface area contributed by atoms with Gasteiger partial charge >= 0.3 is 0 Å². The lowest BCUT2D eigenvalue weighted by molar-refractivity contribution is 0.0546. The quantitative estimate of drug-likeness (QED) is 0.877. The highest BCUT2D eigenvalue weighted by Gasteiger charge is 2.13. The zero-order valence-electron chi connectivity index (χ0n) is 12.0. The van der Waals surface area contributed by atoms with Crippen LogP contribution in [0.15, 0.2) is 45.3 Å². The highest BCUT2D eigenvalue weighted by atomic mass is 79.9. The van der Waals surface area contributed by atoms with Gasteiger partial charge in [0.1, 0.15) is 11.5 Å². The first-order chi connectivity index (χ1) is 10.3. The summed E-state index contributed by atoms with van der Waals surface area (Å²) in [5.41, 5.74) is 1.10. The minimum absolute atomic E-state index is 0.639. The smallest absolute Gasteiger partial charge is 0.134 e. The van der Waals surface area contributed by atoms with Crippen LogP contribution in [-0.4, -0.2) is 19.8 Å². The predicted octanol–water partition coefficient (Wildman–Crippen LogP) is 4.23. The van der Waals surface area contributed by atoms with E-state index in [1.165, 1.54) is 12.8 Å². The van der Waals surface area contributed by atoms with Crippen LogP contribution in [0.5, 0.6) is 0 Å². The fourth-order valence-electron chi connectivity index (χ4n) is 2.61. The first kappa shape index (κ1) is 14.8. The van der Waals surface area contributed by atoms with Crippen LogP contribution in [-0.2, 0) is 11.3 Å². The molecule has 1 aromatic heterocycles. The number of ether oxygens (including phenoxy) is 1. The van der Waals surface area contributed by atoms with E-state index in [2.05, 4.69) is 33.4 Å². The van der Waals surface area contributed by atoms with E-state index in [1.54, 1.807) is 0 Å². The topological polar surface area (TPSA) is 34.4 Å². The van der Waals surface area contributed by atoms with E-state index < -0.39 is 0 Å². The van der Waals surface area contributed by atoms with Crippen molar-refractivity contribution < 1.29 is 9.15 Å². The second kappa shape index (κ2) is 7.25. The van der Waals surface area contributed by atoms with E-state index in [0.717, 1.165) is 47.9 Å². The standard InChI is InChI=1S/C17H20BrNO2/c18-15-5-3-14(4-6-15)17-8-7-16(21-17)11-19-10-13-2-1-9-20-12-13/h3-8,13,19H,1-2,9-12H2. The molecule has 2 heterocycles. The normalized spacial score (nSPS) is 18.8. The minimum atomic E-state index is 0.639. The second-order valence-corrected chi connectivity index (χ2v) is 6.40. The zero-order valence-corrected chi connectivity index (χ0v) is 13.6. The monoisotopic (exact) mass is 349 g/mol. The Morgan fingerprint density at radius 1 is 1.14 bits per heavy atom. The summed E-state index contributed by atoms with van der Waals surface area (Å²) in [6.45, 7) is 3.57. The van der Waals surface area contributed by atoms with E-state index in [9.17, 15) is 0 Å². The lowest BCUT2D eigenvalue weighted by atomic mass is 10.0. The fraction of sp³-hybridized carbons (Fsp3) is 0.412. The first-order valence-electron chi connectivity index (χ1n) is 7.44. The number of halogens is 1. The molecule has 1 aliphatic heterocycles. The van der Waals surface area contributed by atoms with E-state index >= 15 is 0 Å². The van der Waals surface area contributed by atoms with Gasteiger partial charge in [-0.15, -0.1) is 0 Å². The van der Waals surface area contributed by atoms with Gasteiger partial charge in [0.25, 0.3) is 0 Å². The predicted molar refractivity (Wildman–Crippen MR) is 87.1 cm³/mol. The molecule has 21 heavy (non-hydrogen) atoms. The molecular weight excluding hydrogens is 330 g/mol. The molecule has 3 nitrogen and oxygen atoms in total. The molecular formula is C17H20BrNO2. The summed E-state index contributed by atoms with van der Waals surface area (Å²) >= 11 is 3.44. The molecule has 0 radical (unpaired) electrons. The van der Waals surface area contributed by atoms with Crippen LogP contribution in [0, 0.1) is 5.92 Å². The van der Waals surface area contributed by atoms with Crippen molar-refractivity contribution in [2.24, 2.45) is 5.92 Å². The molecule has 0 aliphatic carbocycles. The van der Waals surface area contributed by atoms with E-state index in [1.807, 2.05) is 24.3 Å². The zero-order chi connectivity index (χ0) is 14.5. The van der Waals surface area contributed by atoms with Gasteiger partial charge in [0, 0.05) is 23.2 Å².